The van der Waals surface area contributed by atoms with Crippen molar-refractivity contribution in [2.75, 3.05) is 5.73 Å². The fraction of sp³-hybridized carbons (Fsp3) is 0.182. The molecular formula is C11H10N4O. The Morgan fingerprint density at radius 1 is 1.31 bits per heavy atom. The molecule has 1 heterocycles. The van der Waals surface area contributed by atoms with Gasteiger partial charge < -0.3 is 5.73 Å². The minimum Gasteiger partial charge on any atom is -0.368 e. The van der Waals surface area contributed by atoms with Crippen molar-refractivity contribution in [2.24, 2.45) is 0 Å². The number of rotatable bonds is 1. The third-order valence-electron chi connectivity index (χ3n) is 2.87. The van der Waals surface area contributed by atoms with Gasteiger partial charge in [0.25, 0.3) is 0 Å². The predicted octanol–water partition coefficient (Wildman–Crippen LogP) is 0.435. The molecule has 3 N–H and O–H groups in total. The molecule has 1 aliphatic carbocycles. The molecule has 1 atom stereocenters. The smallest absolute Gasteiger partial charge is 0.349 e. The van der Waals surface area contributed by atoms with Crippen LogP contribution < -0.4 is 11.4 Å². The Kier molecular flexibility index (Phi) is 1.80. The number of benzene rings is 1. The summed E-state index contributed by atoms with van der Waals surface area (Å²) in [6, 6.07) is 8.11. The molecule has 80 valence electrons. The Morgan fingerprint density at radius 3 is 2.88 bits per heavy atom. The van der Waals surface area contributed by atoms with E-state index in [1.165, 1.54) is 11.1 Å². The first-order chi connectivity index (χ1) is 7.74. The molecule has 0 spiro atoms. The van der Waals surface area contributed by atoms with E-state index in [0.717, 1.165) is 6.42 Å². The molecule has 0 fully saturated rings. The van der Waals surface area contributed by atoms with Gasteiger partial charge >= 0.3 is 5.69 Å². The van der Waals surface area contributed by atoms with Crippen LogP contribution in [0.4, 0.5) is 5.95 Å². The zero-order chi connectivity index (χ0) is 11.1. The lowest BCUT2D eigenvalue weighted by Gasteiger charge is -2.28. The third kappa shape index (κ3) is 1.29. The normalized spacial score (nSPS) is 17.6. The molecule has 0 saturated heterocycles. The fourth-order valence-corrected chi connectivity index (χ4v) is 2.09. The lowest BCUT2D eigenvalue weighted by molar-refractivity contribution is 0.650. The largest absolute Gasteiger partial charge is 0.368 e. The number of nitrogens with one attached hydrogen (secondary N) is 1. The summed E-state index contributed by atoms with van der Waals surface area (Å²) < 4.78 is 0. The minimum absolute atomic E-state index is 0.0307. The Morgan fingerprint density at radius 2 is 2.12 bits per heavy atom. The average Bonchev–Trinajstić information content (AvgIpc) is 2.18. The van der Waals surface area contributed by atoms with E-state index in [2.05, 4.69) is 21.0 Å². The number of aromatic amines is 1. The van der Waals surface area contributed by atoms with E-state index in [-0.39, 0.29) is 11.9 Å². The first-order valence-corrected chi connectivity index (χ1v) is 5.05. The molecule has 5 nitrogen and oxygen atoms in total. The number of nitrogen functional groups attached to an aromatic ring is 1. The summed E-state index contributed by atoms with van der Waals surface area (Å²) >= 11 is 0. The summed E-state index contributed by atoms with van der Waals surface area (Å²) in [7, 11) is 0. The number of aromatic nitrogens is 3. The molecule has 1 unspecified atom stereocenters. The molecule has 16 heavy (non-hydrogen) atoms. The SMILES string of the molecule is Nc1nc(C2Cc3ccccc32)[nH]c(=O)n1. The van der Waals surface area contributed by atoms with Gasteiger partial charge in [0, 0.05) is 5.92 Å². The maximum Gasteiger partial charge on any atom is 0.349 e. The van der Waals surface area contributed by atoms with E-state index >= 15 is 0 Å². The highest BCUT2D eigenvalue weighted by Crippen LogP contribution is 2.37. The van der Waals surface area contributed by atoms with Gasteiger partial charge in [0.1, 0.15) is 5.82 Å². The highest BCUT2D eigenvalue weighted by atomic mass is 16.1. The topological polar surface area (TPSA) is 84.7 Å². The first-order valence-electron chi connectivity index (χ1n) is 5.05. The number of H-pyrrole nitrogens is 1. The molecule has 3 rings (SSSR count). The molecule has 0 saturated carbocycles. The van der Waals surface area contributed by atoms with Crippen molar-refractivity contribution in [2.45, 2.75) is 12.3 Å². The molecular weight excluding hydrogens is 204 g/mol. The van der Waals surface area contributed by atoms with Crippen molar-refractivity contribution in [3.63, 3.8) is 0 Å². The summed E-state index contributed by atoms with van der Waals surface area (Å²) in [4.78, 5) is 21.4. The minimum atomic E-state index is -0.438. The third-order valence-corrected chi connectivity index (χ3v) is 2.87. The van der Waals surface area contributed by atoms with Crippen LogP contribution in [0.25, 0.3) is 0 Å². The van der Waals surface area contributed by atoms with Gasteiger partial charge in [-0.25, -0.2) is 4.79 Å². The van der Waals surface area contributed by atoms with Gasteiger partial charge in [-0.15, -0.1) is 0 Å². The van der Waals surface area contributed by atoms with E-state index in [1.807, 2.05) is 18.2 Å². The Bertz CT molecular complexity index is 605. The highest BCUT2D eigenvalue weighted by molar-refractivity contribution is 5.44. The zero-order valence-electron chi connectivity index (χ0n) is 8.47. The van der Waals surface area contributed by atoms with Crippen LogP contribution in [0.1, 0.15) is 22.9 Å². The second kappa shape index (κ2) is 3.16. The Balaban J connectivity index is 2.05. The van der Waals surface area contributed by atoms with Crippen LogP contribution in [0, 0.1) is 0 Å². The standard InChI is InChI=1S/C11H10N4O/c12-10-13-9(14-11(16)15-10)8-5-6-3-1-2-4-7(6)8/h1-4,8H,5H2,(H3,12,13,14,15,16). The van der Waals surface area contributed by atoms with E-state index in [9.17, 15) is 4.79 Å². The van der Waals surface area contributed by atoms with Gasteiger partial charge in [0.2, 0.25) is 5.95 Å². The highest BCUT2D eigenvalue weighted by Gasteiger charge is 2.29. The summed E-state index contributed by atoms with van der Waals surface area (Å²) in [6.07, 6.45) is 0.891. The van der Waals surface area contributed by atoms with Crippen LogP contribution in [0.2, 0.25) is 0 Å². The van der Waals surface area contributed by atoms with Crippen molar-refractivity contribution in [1.29, 1.82) is 0 Å². The summed E-state index contributed by atoms with van der Waals surface area (Å²) in [5.74, 6) is 0.786. The van der Waals surface area contributed by atoms with Crippen LogP contribution in [0.5, 0.6) is 0 Å². The number of hydrogen-bond acceptors (Lipinski definition) is 4. The first kappa shape index (κ1) is 9.08. The van der Waals surface area contributed by atoms with Gasteiger partial charge in [-0.05, 0) is 17.5 Å². The molecule has 0 amide bonds. The van der Waals surface area contributed by atoms with Crippen LogP contribution >= 0.6 is 0 Å². The molecule has 0 radical (unpaired) electrons. The monoisotopic (exact) mass is 214 g/mol. The van der Waals surface area contributed by atoms with Crippen molar-refractivity contribution < 1.29 is 0 Å². The van der Waals surface area contributed by atoms with Crippen LogP contribution in [-0.2, 0) is 6.42 Å². The second-order valence-corrected chi connectivity index (χ2v) is 3.85. The Labute approximate surface area is 91.4 Å². The van der Waals surface area contributed by atoms with Crippen molar-refractivity contribution in [1.82, 2.24) is 15.0 Å². The molecule has 1 aliphatic rings. The Hall–Kier alpha value is -2.17. The molecule has 1 aromatic heterocycles. The van der Waals surface area contributed by atoms with Crippen LogP contribution in [0.15, 0.2) is 29.1 Å². The van der Waals surface area contributed by atoms with Crippen LogP contribution in [0.3, 0.4) is 0 Å². The molecule has 5 heteroatoms. The quantitative estimate of drug-likeness (QED) is 0.721. The van der Waals surface area contributed by atoms with E-state index in [0.29, 0.717) is 5.82 Å². The molecule has 0 aliphatic heterocycles. The predicted molar refractivity (Wildman–Crippen MR) is 59.1 cm³/mol. The second-order valence-electron chi connectivity index (χ2n) is 3.85. The average molecular weight is 214 g/mol. The molecule has 1 aromatic carbocycles. The fourth-order valence-electron chi connectivity index (χ4n) is 2.09. The lowest BCUT2D eigenvalue weighted by atomic mass is 9.77. The van der Waals surface area contributed by atoms with Gasteiger partial charge in [0.15, 0.2) is 0 Å². The van der Waals surface area contributed by atoms with E-state index in [4.69, 9.17) is 5.73 Å². The van der Waals surface area contributed by atoms with Crippen molar-refractivity contribution in [3.05, 3.63) is 51.7 Å². The summed E-state index contributed by atoms with van der Waals surface area (Å²) in [6.45, 7) is 0. The van der Waals surface area contributed by atoms with Crippen molar-refractivity contribution in [3.8, 4) is 0 Å². The number of anilines is 1. The molecule has 2 aromatic rings. The van der Waals surface area contributed by atoms with Gasteiger partial charge in [-0.2, -0.15) is 9.97 Å². The van der Waals surface area contributed by atoms with Gasteiger partial charge in [-0.1, -0.05) is 24.3 Å². The zero-order valence-corrected chi connectivity index (χ0v) is 8.47. The van der Waals surface area contributed by atoms with Crippen molar-refractivity contribution >= 4 is 5.95 Å². The number of nitrogens with zero attached hydrogens (tertiary/aromatic N) is 2. The van der Waals surface area contributed by atoms with E-state index < -0.39 is 5.69 Å². The number of fused-ring (bicyclic) bond motifs is 1. The summed E-state index contributed by atoms with van der Waals surface area (Å²) in [5, 5.41) is 0. The molecule has 0 bridgehead atoms. The number of hydrogen-bond donors (Lipinski definition) is 2. The lowest BCUT2D eigenvalue weighted by Crippen LogP contribution is -2.25. The van der Waals surface area contributed by atoms with E-state index in [1.54, 1.807) is 0 Å². The maximum atomic E-state index is 11.2. The summed E-state index contributed by atoms with van der Waals surface area (Å²) in [5.41, 5.74) is 7.52. The van der Waals surface area contributed by atoms with Gasteiger partial charge in [0.05, 0.1) is 0 Å². The maximum absolute atomic E-state index is 11.2. The van der Waals surface area contributed by atoms with Crippen LogP contribution in [-0.4, -0.2) is 15.0 Å². The van der Waals surface area contributed by atoms with Gasteiger partial charge in [-0.3, -0.25) is 4.98 Å². The number of nitrogens with two attached hydrogens (primary N) is 1.